The van der Waals surface area contributed by atoms with Gasteiger partial charge in [0.25, 0.3) is 0 Å². The van der Waals surface area contributed by atoms with E-state index in [9.17, 15) is 22.8 Å². The van der Waals surface area contributed by atoms with Gasteiger partial charge in [0.05, 0.1) is 0 Å². The Morgan fingerprint density at radius 2 is 1.65 bits per heavy atom. The van der Waals surface area contributed by atoms with Crippen molar-refractivity contribution in [3.8, 4) is 0 Å². The van der Waals surface area contributed by atoms with E-state index in [1.165, 1.54) is 12.8 Å². The zero-order valence-electron chi connectivity index (χ0n) is 13.4. The Kier molecular flexibility index (Phi) is 5.89. The number of likely N-dealkylation sites (tertiary alicyclic amines) is 2. The van der Waals surface area contributed by atoms with E-state index in [0.717, 1.165) is 24.5 Å². The van der Waals surface area contributed by atoms with Crippen molar-refractivity contribution in [1.29, 1.82) is 0 Å². The van der Waals surface area contributed by atoms with Gasteiger partial charge in [0.1, 0.15) is 0 Å². The molecule has 0 bridgehead atoms. The minimum Gasteiger partial charge on any atom is -0.344 e. The number of rotatable bonds is 4. The molecule has 23 heavy (non-hydrogen) atoms. The first-order valence-electron chi connectivity index (χ1n) is 8.12. The first-order chi connectivity index (χ1) is 10.8. The fraction of sp³-hybridized carbons (Fsp3) is 0.867. The lowest BCUT2D eigenvalue weighted by Gasteiger charge is -2.33. The number of likely N-dealkylation sites (N-methyl/N-ethyl adjacent to an activating group) is 1. The highest BCUT2D eigenvalue weighted by atomic mass is 19.4. The fourth-order valence-electron chi connectivity index (χ4n) is 3.23. The van der Waals surface area contributed by atoms with Crippen LogP contribution in [0.3, 0.4) is 0 Å². The third-order valence-corrected chi connectivity index (χ3v) is 4.70. The van der Waals surface area contributed by atoms with Gasteiger partial charge in [-0.25, -0.2) is 0 Å². The highest BCUT2D eigenvalue weighted by Gasteiger charge is 2.43. The Bertz CT molecular complexity index is 428. The molecule has 0 aromatic carbocycles. The number of hydrogen-bond donors (Lipinski definition) is 0. The number of hydrogen-bond acceptors (Lipinski definition) is 3. The molecular formula is C15H24F3N3O2. The molecule has 0 N–H and O–H groups in total. The summed E-state index contributed by atoms with van der Waals surface area (Å²) in [6, 6.07) is 0. The van der Waals surface area contributed by atoms with Gasteiger partial charge in [-0.15, -0.1) is 0 Å². The molecule has 2 aliphatic heterocycles. The van der Waals surface area contributed by atoms with Crippen molar-refractivity contribution < 1.29 is 22.8 Å². The Labute approximate surface area is 134 Å². The Morgan fingerprint density at radius 3 is 2.17 bits per heavy atom. The summed E-state index contributed by atoms with van der Waals surface area (Å²) in [7, 11) is 1.74. The maximum absolute atomic E-state index is 12.4. The molecule has 0 atom stereocenters. The number of carbonyl (C=O) groups excluding carboxylic acids is 2. The van der Waals surface area contributed by atoms with E-state index in [0.29, 0.717) is 19.4 Å². The van der Waals surface area contributed by atoms with Crippen LogP contribution in [0, 0.1) is 5.92 Å². The van der Waals surface area contributed by atoms with Crippen molar-refractivity contribution in [3.05, 3.63) is 0 Å². The van der Waals surface area contributed by atoms with Gasteiger partial charge < -0.3 is 14.7 Å². The Morgan fingerprint density at radius 1 is 1.09 bits per heavy atom. The summed E-state index contributed by atoms with van der Waals surface area (Å²) in [5.74, 6) is -2.11. The number of amides is 2. The molecule has 2 fully saturated rings. The molecule has 2 heterocycles. The summed E-state index contributed by atoms with van der Waals surface area (Å²) in [5.41, 5.74) is 0. The maximum Gasteiger partial charge on any atom is 0.471 e. The third-order valence-electron chi connectivity index (χ3n) is 4.70. The zero-order valence-corrected chi connectivity index (χ0v) is 13.4. The monoisotopic (exact) mass is 335 g/mol. The van der Waals surface area contributed by atoms with Crippen LogP contribution >= 0.6 is 0 Å². The SMILES string of the molecule is CN(CCN1CCCC1)C(=O)C1CCN(C(=O)C(F)(F)F)CC1. The van der Waals surface area contributed by atoms with Gasteiger partial charge in [-0.1, -0.05) is 0 Å². The first kappa shape index (κ1) is 18.0. The molecular weight excluding hydrogens is 311 g/mol. The van der Waals surface area contributed by atoms with Gasteiger partial charge in [0, 0.05) is 39.1 Å². The average Bonchev–Trinajstić information content (AvgIpc) is 3.04. The smallest absolute Gasteiger partial charge is 0.344 e. The minimum absolute atomic E-state index is 0.00524. The van der Waals surface area contributed by atoms with E-state index in [4.69, 9.17) is 0 Å². The lowest BCUT2D eigenvalue weighted by molar-refractivity contribution is -0.187. The summed E-state index contributed by atoms with van der Waals surface area (Å²) in [5, 5.41) is 0. The molecule has 8 heteroatoms. The quantitative estimate of drug-likeness (QED) is 0.779. The van der Waals surface area contributed by atoms with Crippen LogP contribution in [-0.4, -0.2) is 79.0 Å². The normalized spacial score (nSPS) is 20.8. The highest BCUT2D eigenvalue weighted by Crippen LogP contribution is 2.24. The Balaban J connectivity index is 1.75. The second kappa shape index (κ2) is 7.51. The molecule has 0 saturated carbocycles. The molecule has 2 saturated heterocycles. The summed E-state index contributed by atoms with van der Waals surface area (Å²) >= 11 is 0. The predicted molar refractivity (Wildman–Crippen MR) is 78.7 cm³/mol. The van der Waals surface area contributed by atoms with Crippen LogP contribution in [0.4, 0.5) is 13.2 Å². The average molecular weight is 335 g/mol. The number of carbonyl (C=O) groups is 2. The van der Waals surface area contributed by atoms with Crippen molar-refractivity contribution in [3.63, 3.8) is 0 Å². The Hall–Kier alpha value is -1.31. The maximum atomic E-state index is 12.4. The van der Waals surface area contributed by atoms with Gasteiger partial charge in [-0.05, 0) is 38.8 Å². The van der Waals surface area contributed by atoms with Gasteiger partial charge in [0.15, 0.2) is 0 Å². The summed E-state index contributed by atoms with van der Waals surface area (Å²) in [6.07, 6.45) is -1.83. The van der Waals surface area contributed by atoms with Gasteiger partial charge >= 0.3 is 12.1 Å². The van der Waals surface area contributed by atoms with Crippen LogP contribution in [0.15, 0.2) is 0 Å². The van der Waals surface area contributed by atoms with E-state index in [-0.39, 0.29) is 24.9 Å². The van der Waals surface area contributed by atoms with E-state index in [2.05, 4.69) is 4.90 Å². The van der Waals surface area contributed by atoms with Crippen molar-refractivity contribution in [2.24, 2.45) is 5.92 Å². The largest absolute Gasteiger partial charge is 0.471 e. The summed E-state index contributed by atoms with van der Waals surface area (Å²) in [6.45, 7) is 3.61. The third kappa shape index (κ3) is 4.83. The summed E-state index contributed by atoms with van der Waals surface area (Å²) in [4.78, 5) is 28.3. The highest BCUT2D eigenvalue weighted by molar-refractivity contribution is 5.83. The van der Waals surface area contributed by atoms with Crippen molar-refractivity contribution in [2.45, 2.75) is 31.9 Å². The topological polar surface area (TPSA) is 43.9 Å². The molecule has 2 aliphatic rings. The molecule has 0 radical (unpaired) electrons. The first-order valence-corrected chi connectivity index (χ1v) is 8.12. The summed E-state index contributed by atoms with van der Waals surface area (Å²) < 4.78 is 37.2. The van der Waals surface area contributed by atoms with Gasteiger partial charge in [-0.2, -0.15) is 13.2 Å². The second-order valence-electron chi connectivity index (χ2n) is 6.37. The molecule has 0 aromatic heterocycles. The second-order valence-corrected chi connectivity index (χ2v) is 6.37. The lowest BCUT2D eigenvalue weighted by Crippen LogP contribution is -2.48. The lowest BCUT2D eigenvalue weighted by atomic mass is 9.95. The molecule has 2 rings (SSSR count). The molecule has 132 valence electrons. The van der Waals surface area contributed by atoms with Gasteiger partial charge in [0.2, 0.25) is 5.91 Å². The molecule has 5 nitrogen and oxygen atoms in total. The van der Waals surface area contributed by atoms with E-state index in [1.54, 1.807) is 11.9 Å². The number of halogens is 3. The standard InChI is InChI=1S/C15H24F3N3O2/c1-19(10-11-20-6-2-3-7-20)13(22)12-4-8-21(9-5-12)14(23)15(16,17)18/h12H,2-11H2,1H3. The van der Waals surface area contributed by atoms with Gasteiger partial charge in [-0.3, -0.25) is 9.59 Å². The van der Waals surface area contributed by atoms with Crippen LogP contribution in [0.25, 0.3) is 0 Å². The van der Waals surface area contributed by atoms with E-state index in [1.807, 2.05) is 0 Å². The van der Waals surface area contributed by atoms with Crippen molar-refractivity contribution >= 4 is 11.8 Å². The molecule has 0 spiro atoms. The van der Waals surface area contributed by atoms with Crippen molar-refractivity contribution in [1.82, 2.24) is 14.7 Å². The molecule has 0 aliphatic carbocycles. The zero-order chi connectivity index (χ0) is 17.0. The van der Waals surface area contributed by atoms with Crippen LogP contribution in [0.2, 0.25) is 0 Å². The predicted octanol–water partition coefficient (Wildman–Crippen LogP) is 1.34. The van der Waals surface area contributed by atoms with E-state index < -0.39 is 12.1 Å². The van der Waals surface area contributed by atoms with Crippen LogP contribution in [0.1, 0.15) is 25.7 Å². The van der Waals surface area contributed by atoms with Crippen LogP contribution < -0.4 is 0 Å². The number of piperidine rings is 1. The number of nitrogens with zero attached hydrogens (tertiary/aromatic N) is 3. The number of alkyl halides is 3. The molecule has 0 aromatic rings. The van der Waals surface area contributed by atoms with Crippen LogP contribution in [-0.2, 0) is 9.59 Å². The molecule has 0 unspecified atom stereocenters. The fourth-order valence-corrected chi connectivity index (χ4v) is 3.23. The molecule has 2 amide bonds. The minimum atomic E-state index is -4.83. The van der Waals surface area contributed by atoms with E-state index >= 15 is 0 Å². The van der Waals surface area contributed by atoms with Crippen LogP contribution in [0.5, 0.6) is 0 Å². The van der Waals surface area contributed by atoms with Crippen molar-refractivity contribution in [2.75, 3.05) is 46.3 Å².